The highest BCUT2D eigenvalue weighted by molar-refractivity contribution is 8.01. The van der Waals surface area contributed by atoms with Crippen LogP contribution in [0.15, 0.2) is 11.2 Å². The number of aromatic nitrogens is 2. The molecular formula is C16H24N2O6S. The topological polar surface area (TPSA) is 96.8 Å². The predicted octanol–water partition coefficient (Wildman–Crippen LogP) is 2.11. The van der Waals surface area contributed by atoms with E-state index in [1.165, 1.54) is 27.4 Å². The quantitative estimate of drug-likeness (QED) is 0.294. The van der Waals surface area contributed by atoms with E-state index in [9.17, 15) is 9.59 Å². The molecule has 1 rings (SSSR count). The van der Waals surface area contributed by atoms with Crippen LogP contribution < -0.4 is 9.47 Å². The second-order valence-electron chi connectivity index (χ2n) is 6.23. The lowest BCUT2D eigenvalue weighted by atomic mass is 9.93. The van der Waals surface area contributed by atoms with Gasteiger partial charge in [-0.15, -0.1) is 0 Å². The lowest BCUT2D eigenvalue weighted by Crippen LogP contribution is -2.31. The van der Waals surface area contributed by atoms with Gasteiger partial charge in [-0.25, -0.2) is 0 Å². The molecule has 25 heavy (non-hydrogen) atoms. The number of thioether (sulfide) groups is 1. The number of carbonyl (C=O) groups excluding carboxylic acids is 2. The molecule has 8 nitrogen and oxygen atoms in total. The van der Waals surface area contributed by atoms with Crippen LogP contribution in [-0.4, -0.2) is 55.1 Å². The van der Waals surface area contributed by atoms with Crippen LogP contribution in [0.25, 0.3) is 0 Å². The van der Waals surface area contributed by atoms with Crippen LogP contribution in [-0.2, 0) is 19.1 Å². The number of nitrogens with zero attached hydrogens (tertiary/aromatic N) is 2. The van der Waals surface area contributed by atoms with E-state index in [0.717, 1.165) is 11.8 Å². The lowest BCUT2D eigenvalue weighted by molar-refractivity contribution is -0.152. The summed E-state index contributed by atoms with van der Waals surface area (Å²) in [4.78, 5) is 32.4. The van der Waals surface area contributed by atoms with Crippen LogP contribution >= 0.6 is 11.8 Å². The van der Waals surface area contributed by atoms with Gasteiger partial charge in [0.2, 0.25) is 17.0 Å². The largest absolute Gasteiger partial charge is 0.481 e. The van der Waals surface area contributed by atoms with Gasteiger partial charge in [0.15, 0.2) is 5.16 Å². The van der Waals surface area contributed by atoms with E-state index in [0.29, 0.717) is 6.42 Å². The normalized spacial score (nSPS) is 12.2. The third-order valence-electron chi connectivity index (χ3n) is 3.03. The minimum absolute atomic E-state index is 0.0114. The van der Waals surface area contributed by atoms with Crippen molar-refractivity contribution >= 4 is 23.7 Å². The molecule has 0 saturated heterocycles. The maximum Gasteiger partial charge on any atom is 0.331 e. The first-order chi connectivity index (χ1) is 11.7. The Kier molecular flexibility index (Phi) is 7.95. The highest BCUT2D eigenvalue weighted by atomic mass is 32.2. The van der Waals surface area contributed by atoms with Crippen LogP contribution in [0.4, 0.5) is 0 Å². The SMILES string of the molecule is COC(=O)C(Sc1nc(OC)cc(OC)n1)C(=O)OCCC(C)(C)C. The molecule has 0 radical (unpaired) electrons. The van der Waals surface area contributed by atoms with Crippen molar-refractivity contribution in [1.82, 2.24) is 9.97 Å². The molecule has 1 unspecified atom stereocenters. The Bertz CT molecular complexity index is 581. The molecule has 0 fully saturated rings. The average molecular weight is 372 g/mol. The van der Waals surface area contributed by atoms with Gasteiger partial charge in [0.25, 0.3) is 0 Å². The standard InChI is InChI=1S/C16H24N2O6S/c1-16(2,3)7-8-24-14(20)12(13(19)23-6)25-15-17-10(21-4)9-11(18-15)22-5/h9,12H,7-8H2,1-6H3. The summed E-state index contributed by atoms with van der Waals surface area (Å²) in [6, 6.07) is 1.48. The van der Waals surface area contributed by atoms with Crippen molar-refractivity contribution in [3.05, 3.63) is 6.07 Å². The van der Waals surface area contributed by atoms with Gasteiger partial charge >= 0.3 is 11.9 Å². The summed E-state index contributed by atoms with van der Waals surface area (Å²) < 4.78 is 20.0. The van der Waals surface area contributed by atoms with Crippen LogP contribution in [0.3, 0.4) is 0 Å². The van der Waals surface area contributed by atoms with Crippen LogP contribution in [0.5, 0.6) is 11.8 Å². The lowest BCUT2D eigenvalue weighted by Gasteiger charge is -2.19. The summed E-state index contributed by atoms with van der Waals surface area (Å²) in [5, 5.41) is -1.10. The van der Waals surface area contributed by atoms with E-state index in [4.69, 9.17) is 14.2 Å². The molecule has 1 aromatic heterocycles. The second-order valence-corrected chi connectivity index (χ2v) is 7.31. The van der Waals surface area contributed by atoms with Crippen molar-refractivity contribution in [1.29, 1.82) is 0 Å². The van der Waals surface area contributed by atoms with Crippen molar-refractivity contribution in [3.63, 3.8) is 0 Å². The molecule has 1 atom stereocenters. The molecule has 0 aliphatic heterocycles. The van der Waals surface area contributed by atoms with Gasteiger partial charge in [0.05, 0.1) is 34.0 Å². The van der Waals surface area contributed by atoms with Crippen molar-refractivity contribution in [2.75, 3.05) is 27.9 Å². The number of methoxy groups -OCH3 is 3. The fourth-order valence-corrected chi connectivity index (χ4v) is 2.44. The molecule has 0 aliphatic carbocycles. The minimum atomic E-state index is -1.23. The van der Waals surface area contributed by atoms with Crippen molar-refractivity contribution in [2.45, 2.75) is 37.6 Å². The van der Waals surface area contributed by atoms with Gasteiger partial charge in [-0.3, -0.25) is 9.59 Å². The number of ether oxygens (including phenoxy) is 4. The average Bonchev–Trinajstić information content (AvgIpc) is 2.57. The third-order valence-corrected chi connectivity index (χ3v) is 4.04. The maximum atomic E-state index is 12.3. The van der Waals surface area contributed by atoms with Crippen LogP contribution in [0, 0.1) is 5.41 Å². The maximum absolute atomic E-state index is 12.3. The summed E-state index contributed by atoms with van der Waals surface area (Å²) in [7, 11) is 4.08. The number of hydrogen-bond donors (Lipinski definition) is 0. The molecule has 0 aromatic carbocycles. The second kappa shape index (κ2) is 9.45. The molecule has 1 aromatic rings. The highest BCUT2D eigenvalue weighted by Crippen LogP contribution is 2.27. The zero-order valence-electron chi connectivity index (χ0n) is 15.3. The highest BCUT2D eigenvalue weighted by Gasteiger charge is 2.32. The van der Waals surface area contributed by atoms with Crippen molar-refractivity contribution in [2.24, 2.45) is 5.41 Å². The monoisotopic (exact) mass is 372 g/mol. The first-order valence-electron chi connectivity index (χ1n) is 7.58. The Hall–Kier alpha value is -2.03. The van der Waals surface area contributed by atoms with E-state index in [-0.39, 0.29) is 28.9 Å². The van der Waals surface area contributed by atoms with E-state index in [1.807, 2.05) is 20.8 Å². The van der Waals surface area contributed by atoms with E-state index in [2.05, 4.69) is 14.7 Å². The van der Waals surface area contributed by atoms with Crippen molar-refractivity contribution < 1.29 is 28.5 Å². The van der Waals surface area contributed by atoms with E-state index >= 15 is 0 Å². The molecule has 0 aliphatic rings. The van der Waals surface area contributed by atoms with E-state index < -0.39 is 17.2 Å². The fourth-order valence-electron chi connectivity index (χ4n) is 1.58. The van der Waals surface area contributed by atoms with Gasteiger partial charge < -0.3 is 18.9 Å². The van der Waals surface area contributed by atoms with Gasteiger partial charge in [-0.05, 0) is 11.8 Å². The Balaban J connectivity index is 2.89. The van der Waals surface area contributed by atoms with Crippen LogP contribution in [0.1, 0.15) is 27.2 Å². The molecule has 9 heteroatoms. The number of hydrogen-bond acceptors (Lipinski definition) is 9. The summed E-state index contributed by atoms with van der Waals surface area (Å²) in [5.41, 5.74) is 0.0114. The van der Waals surface area contributed by atoms with Crippen molar-refractivity contribution in [3.8, 4) is 11.8 Å². The Labute approximate surface area is 151 Å². The number of rotatable bonds is 8. The van der Waals surface area contributed by atoms with E-state index in [1.54, 1.807) is 0 Å². The molecule has 1 heterocycles. The molecule has 140 valence electrons. The molecule has 0 spiro atoms. The molecular weight excluding hydrogens is 348 g/mol. The van der Waals surface area contributed by atoms with Gasteiger partial charge in [0, 0.05) is 0 Å². The molecule has 0 bridgehead atoms. The zero-order valence-corrected chi connectivity index (χ0v) is 16.1. The molecule has 0 N–H and O–H groups in total. The smallest absolute Gasteiger partial charge is 0.331 e. The Morgan fingerprint density at radius 2 is 1.64 bits per heavy atom. The summed E-state index contributed by atoms with van der Waals surface area (Å²) in [6.07, 6.45) is 0.667. The third kappa shape index (κ3) is 7.16. The van der Waals surface area contributed by atoms with Gasteiger partial charge in [0.1, 0.15) is 0 Å². The van der Waals surface area contributed by atoms with Gasteiger partial charge in [-0.2, -0.15) is 9.97 Å². The zero-order chi connectivity index (χ0) is 19.0. The molecule has 0 saturated carbocycles. The van der Waals surface area contributed by atoms with Gasteiger partial charge in [-0.1, -0.05) is 32.5 Å². The summed E-state index contributed by atoms with van der Waals surface area (Å²) in [6.45, 7) is 6.30. The first-order valence-corrected chi connectivity index (χ1v) is 8.46. The number of esters is 2. The summed E-state index contributed by atoms with van der Waals surface area (Å²) >= 11 is 0.815. The predicted molar refractivity (Wildman–Crippen MR) is 91.8 cm³/mol. The Morgan fingerprint density at radius 1 is 1.08 bits per heavy atom. The first kappa shape index (κ1) is 21.0. The number of carbonyl (C=O) groups is 2. The molecule has 0 amide bonds. The fraction of sp³-hybridized carbons (Fsp3) is 0.625. The van der Waals surface area contributed by atoms with Crippen LogP contribution in [0.2, 0.25) is 0 Å². The Morgan fingerprint density at radius 3 is 2.08 bits per heavy atom. The minimum Gasteiger partial charge on any atom is -0.481 e. The summed E-state index contributed by atoms with van der Waals surface area (Å²) in [5.74, 6) is -0.944.